The van der Waals surface area contributed by atoms with Gasteiger partial charge in [0, 0.05) is 17.2 Å². The molecule has 3 nitrogen and oxygen atoms in total. The summed E-state index contributed by atoms with van der Waals surface area (Å²) in [5.41, 5.74) is 5.78. The van der Waals surface area contributed by atoms with Crippen LogP contribution in [0.1, 0.15) is 26.2 Å². The number of nitrogens with one attached hydrogen (secondary N) is 1. The second-order valence-electron chi connectivity index (χ2n) is 4.20. The van der Waals surface area contributed by atoms with Crippen LogP contribution in [0, 0.1) is 0 Å². The normalized spacial score (nSPS) is 12.1. The lowest BCUT2D eigenvalue weighted by molar-refractivity contribution is -0.122. The van der Waals surface area contributed by atoms with Gasteiger partial charge >= 0.3 is 0 Å². The molecule has 0 aliphatic heterocycles. The van der Waals surface area contributed by atoms with Crippen LogP contribution in [-0.4, -0.2) is 24.2 Å². The predicted octanol–water partition coefficient (Wildman–Crippen LogP) is 2.41. The molecule has 1 rings (SSSR count). The van der Waals surface area contributed by atoms with E-state index in [1.54, 1.807) is 11.8 Å². The monoisotopic (exact) mass is 266 g/mol. The summed E-state index contributed by atoms with van der Waals surface area (Å²) in [6.45, 7) is 2.76. The molecule has 1 amide bonds. The van der Waals surface area contributed by atoms with Gasteiger partial charge in [0.05, 0.1) is 6.04 Å². The van der Waals surface area contributed by atoms with Gasteiger partial charge in [-0.15, -0.1) is 11.8 Å². The van der Waals surface area contributed by atoms with Crippen LogP contribution >= 0.6 is 11.8 Å². The molecule has 1 aromatic carbocycles. The smallest absolute Gasteiger partial charge is 0.236 e. The Kier molecular flexibility index (Phi) is 7.53. The van der Waals surface area contributed by atoms with Crippen LogP contribution in [0.2, 0.25) is 0 Å². The zero-order valence-corrected chi connectivity index (χ0v) is 11.7. The summed E-state index contributed by atoms with van der Waals surface area (Å²) < 4.78 is 0. The molecule has 1 aromatic rings. The summed E-state index contributed by atoms with van der Waals surface area (Å²) in [5, 5.41) is 2.88. The standard InChI is InChI=1S/C14H22N2OS/c1-2-3-9-13(15)14(17)16-10-11-18-12-7-5-4-6-8-12/h4-8,13H,2-3,9-11,15H2,1H3,(H,16,17)/t13-/m0/s1. The van der Waals surface area contributed by atoms with Crippen LogP contribution < -0.4 is 11.1 Å². The molecule has 0 radical (unpaired) electrons. The summed E-state index contributed by atoms with van der Waals surface area (Å²) in [7, 11) is 0. The van der Waals surface area contributed by atoms with Gasteiger partial charge in [-0.05, 0) is 18.6 Å². The number of benzene rings is 1. The minimum absolute atomic E-state index is 0.0305. The fraction of sp³-hybridized carbons (Fsp3) is 0.500. The fourth-order valence-electron chi connectivity index (χ4n) is 1.55. The number of carbonyl (C=O) groups excluding carboxylic acids is 1. The Bertz CT molecular complexity index is 343. The molecule has 4 heteroatoms. The zero-order valence-electron chi connectivity index (χ0n) is 10.9. The lowest BCUT2D eigenvalue weighted by Crippen LogP contribution is -2.41. The maximum absolute atomic E-state index is 11.6. The van der Waals surface area contributed by atoms with Crippen LogP contribution in [0.3, 0.4) is 0 Å². The van der Waals surface area contributed by atoms with E-state index in [0.717, 1.165) is 25.0 Å². The molecule has 1 atom stereocenters. The van der Waals surface area contributed by atoms with Crippen LogP contribution in [0.15, 0.2) is 35.2 Å². The first-order chi connectivity index (χ1) is 8.74. The Morgan fingerprint density at radius 1 is 1.39 bits per heavy atom. The molecular weight excluding hydrogens is 244 g/mol. The van der Waals surface area contributed by atoms with Crippen LogP contribution in [0.25, 0.3) is 0 Å². The maximum atomic E-state index is 11.6. The Balaban J connectivity index is 2.12. The minimum Gasteiger partial charge on any atom is -0.354 e. The van der Waals surface area contributed by atoms with E-state index in [0.29, 0.717) is 6.54 Å². The van der Waals surface area contributed by atoms with Crippen molar-refractivity contribution in [2.45, 2.75) is 37.1 Å². The second-order valence-corrected chi connectivity index (χ2v) is 5.37. The largest absolute Gasteiger partial charge is 0.354 e. The molecule has 0 saturated heterocycles. The van der Waals surface area contributed by atoms with Crippen LogP contribution in [-0.2, 0) is 4.79 Å². The Hall–Kier alpha value is -1.00. The van der Waals surface area contributed by atoms with E-state index >= 15 is 0 Å². The molecule has 3 N–H and O–H groups in total. The molecule has 0 bridgehead atoms. The van der Waals surface area contributed by atoms with Crippen molar-refractivity contribution in [2.24, 2.45) is 5.73 Å². The molecule has 0 unspecified atom stereocenters. The van der Waals surface area contributed by atoms with Crippen molar-refractivity contribution in [3.8, 4) is 0 Å². The van der Waals surface area contributed by atoms with Crippen molar-refractivity contribution in [3.63, 3.8) is 0 Å². The summed E-state index contributed by atoms with van der Waals surface area (Å²) in [5.74, 6) is 0.841. The minimum atomic E-state index is -0.355. The SMILES string of the molecule is CCCC[C@H](N)C(=O)NCCSc1ccccc1. The molecule has 0 fully saturated rings. The third-order valence-electron chi connectivity index (χ3n) is 2.62. The summed E-state index contributed by atoms with van der Waals surface area (Å²) in [4.78, 5) is 12.8. The van der Waals surface area contributed by atoms with Crippen molar-refractivity contribution in [1.29, 1.82) is 0 Å². The fourth-order valence-corrected chi connectivity index (χ4v) is 2.34. The predicted molar refractivity (Wildman–Crippen MR) is 77.7 cm³/mol. The molecule has 0 aliphatic carbocycles. The lowest BCUT2D eigenvalue weighted by Gasteiger charge is -2.11. The molecule has 0 aromatic heterocycles. The molecule has 100 valence electrons. The zero-order chi connectivity index (χ0) is 13.2. The number of nitrogens with two attached hydrogens (primary N) is 1. The molecule has 0 spiro atoms. The van der Waals surface area contributed by atoms with E-state index in [1.165, 1.54) is 4.90 Å². The Labute approximate surface area is 114 Å². The third-order valence-corrected chi connectivity index (χ3v) is 3.63. The number of hydrogen-bond donors (Lipinski definition) is 2. The van der Waals surface area contributed by atoms with E-state index in [4.69, 9.17) is 5.73 Å². The number of carbonyl (C=O) groups is 1. The summed E-state index contributed by atoms with van der Waals surface area (Å²) in [6.07, 6.45) is 2.85. The van der Waals surface area contributed by atoms with Crippen molar-refractivity contribution in [3.05, 3.63) is 30.3 Å². The maximum Gasteiger partial charge on any atom is 0.236 e. The highest BCUT2D eigenvalue weighted by atomic mass is 32.2. The van der Waals surface area contributed by atoms with Gasteiger partial charge in [0.2, 0.25) is 5.91 Å². The van der Waals surface area contributed by atoms with Crippen LogP contribution in [0.5, 0.6) is 0 Å². The van der Waals surface area contributed by atoms with Crippen LogP contribution in [0.4, 0.5) is 0 Å². The van der Waals surface area contributed by atoms with Gasteiger partial charge in [-0.2, -0.15) is 0 Å². The summed E-state index contributed by atoms with van der Waals surface area (Å²) >= 11 is 1.74. The molecule has 0 saturated carbocycles. The lowest BCUT2D eigenvalue weighted by atomic mass is 10.1. The summed E-state index contributed by atoms with van der Waals surface area (Å²) in [6, 6.07) is 9.81. The van der Waals surface area contributed by atoms with E-state index in [2.05, 4.69) is 24.4 Å². The highest BCUT2D eigenvalue weighted by Gasteiger charge is 2.11. The average Bonchev–Trinajstić information content (AvgIpc) is 2.41. The number of unbranched alkanes of at least 4 members (excludes halogenated alkanes) is 1. The molecule has 18 heavy (non-hydrogen) atoms. The van der Waals surface area contributed by atoms with E-state index in [9.17, 15) is 4.79 Å². The molecular formula is C14H22N2OS. The van der Waals surface area contributed by atoms with Gasteiger partial charge in [-0.3, -0.25) is 4.79 Å². The number of hydrogen-bond acceptors (Lipinski definition) is 3. The van der Waals surface area contributed by atoms with E-state index in [1.807, 2.05) is 18.2 Å². The number of thioether (sulfide) groups is 1. The highest BCUT2D eigenvalue weighted by molar-refractivity contribution is 7.99. The van der Waals surface area contributed by atoms with Gasteiger partial charge in [-0.25, -0.2) is 0 Å². The first kappa shape index (κ1) is 15.1. The molecule has 0 heterocycles. The third kappa shape index (κ3) is 6.07. The molecule has 0 aliphatic rings. The number of rotatable bonds is 8. The van der Waals surface area contributed by atoms with Crippen molar-refractivity contribution in [2.75, 3.05) is 12.3 Å². The first-order valence-corrected chi connectivity index (χ1v) is 7.43. The van der Waals surface area contributed by atoms with Crippen molar-refractivity contribution < 1.29 is 4.79 Å². The Morgan fingerprint density at radius 3 is 2.78 bits per heavy atom. The second kappa shape index (κ2) is 9.00. The van der Waals surface area contributed by atoms with E-state index < -0.39 is 0 Å². The van der Waals surface area contributed by atoms with Gasteiger partial charge in [0.25, 0.3) is 0 Å². The quantitative estimate of drug-likeness (QED) is 0.561. The highest BCUT2D eigenvalue weighted by Crippen LogP contribution is 2.15. The average molecular weight is 266 g/mol. The van der Waals surface area contributed by atoms with Crippen molar-refractivity contribution >= 4 is 17.7 Å². The first-order valence-electron chi connectivity index (χ1n) is 6.45. The van der Waals surface area contributed by atoms with Gasteiger partial charge < -0.3 is 11.1 Å². The Morgan fingerprint density at radius 2 is 2.11 bits per heavy atom. The van der Waals surface area contributed by atoms with Gasteiger partial charge in [0.1, 0.15) is 0 Å². The van der Waals surface area contributed by atoms with Gasteiger partial charge in [0.15, 0.2) is 0 Å². The topological polar surface area (TPSA) is 55.1 Å². The van der Waals surface area contributed by atoms with Crippen molar-refractivity contribution in [1.82, 2.24) is 5.32 Å². The van der Waals surface area contributed by atoms with E-state index in [-0.39, 0.29) is 11.9 Å². The van der Waals surface area contributed by atoms with Gasteiger partial charge in [-0.1, -0.05) is 38.0 Å². The number of amides is 1.